The molecule has 3 atom stereocenters. The van der Waals surface area contributed by atoms with E-state index in [1.165, 1.54) is 12.8 Å². The number of ether oxygens (including phenoxy) is 1. The summed E-state index contributed by atoms with van der Waals surface area (Å²) in [5.41, 5.74) is 0. The first-order valence-corrected chi connectivity index (χ1v) is 7.44. The predicted molar refractivity (Wildman–Crippen MR) is 74.4 cm³/mol. The minimum Gasteiger partial charge on any atom is -0.461 e. The van der Waals surface area contributed by atoms with Gasteiger partial charge in [0.05, 0.1) is 6.54 Å². The van der Waals surface area contributed by atoms with Gasteiger partial charge in [0.25, 0.3) is 0 Å². The Kier molecular flexibility index (Phi) is 6.69. The number of nitrogens with one attached hydrogen (secondary N) is 1. The van der Waals surface area contributed by atoms with Gasteiger partial charge < -0.3 is 10.1 Å². The van der Waals surface area contributed by atoms with Crippen molar-refractivity contribution in [1.82, 2.24) is 5.32 Å². The van der Waals surface area contributed by atoms with E-state index >= 15 is 0 Å². The summed E-state index contributed by atoms with van der Waals surface area (Å²) in [4.78, 5) is 11.8. The zero-order valence-corrected chi connectivity index (χ0v) is 12.4. The molecule has 0 aromatic rings. The Morgan fingerprint density at radius 1 is 1.39 bits per heavy atom. The van der Waals surface area contributed by atoms with Gasteiger partial charge in [-0.25, -0.2) is 0 Å². The van der Waals surface area contributed by atoms with Gasteiger partial charge in [-0.1, -0.05) is 34.1 Å². The lowest BCUT2D eigenvalue weighted by Gasteiger charge is -2.36. The second-order valence-electron chi connectivity index (χ2n) is 6.03. The molecule has 1 N–H and O–H groups in total. The van der Waals surface area contributed by atoms with Crippen molar-refractivity contribution in [3.8, 4) is 0 Å². The summed E-state index contributed by atoms with van der Waals surface area (Å²) in [7, 11) is 0. The van der Waals surface area contributed by atoms with Crippen LogP contribution < -0.4 is 5.32 Å². The van der Waals surface area contributed by atoms with Crippen LogP contribution in [0, 0.1) is 17.8 Å². The molecule has 3 unspecified atom stereocenters. The van der Waals surface area contributed by atoms with Crippen LogP contribution in [0.5, 0.6) is 0 Å². The lowest BCUT2D eigenvalue weighted by molar-refractivity contribution is -0.154. The van der Waals surface area contributed by atoms with Crippen LogP contribution in [-0.2, 0) is 9.53 Å². The Labute approximate surface area is 112 Å². The van der Waals surface area contributed by atoms with Crippen LogP contribution in [0.25, 0.3) is 0 Å². The first-order chi connectivity index (χ1) is 8.54. The molecule has 1 aliphatic carbocycles. The van der Waals surface area contributed by atoms with Gasteiger partial charge in [0, 0.05) is 0 Å². The van der Waals surface area contributed by atoms with E-state index in [1.54, 1.807) is 0 Å². The molecule has 3 nitrogen and oxygen atoms in total. The third-order valence-corrected chi connectivity index (χ3v) is 3.94. The van der Waals surface area contributed by atoms with Crippen LogP contribution in [0.1, 0.15) is 53.4 Å². The molecular formula is C15H29NO2. The monoisotopic (exact) mass is 255 g/mol. The third kappa shape index (κ3) is 4.97. The Hall–Kier alpha value is -0.570. The standard InChI is InChI=1S/C15H29NO2/c1-5-8-16-10-15(17)18-14-9-12(4)6-7-13(14)11(2)3/h11-14,16H,5-10H2,1-4H3. The van der Waals surface area contributed by atoms with Crippen molar-refractivity contribution in [2.75, 3.05) is 13.1 Å². The fraction of sp³-hybridized carbons (Fsp3) is 0.933. The van der Waals surface area contributed by atoms with E-state index in [4.69, 9.17) is 4.74 Å². The predicted octanol–water partition coefficient (Wildman–Crippen LogP) is 2.99. The molecule has 0 spiro atoms. The molecule has 106 valence electrons. The molecule has 1 aliphatic rings. The summed E-state index contributed by atoms with van der Waals surface area (Å²) in [6, 6.07) is 0. The van der Waals surface area contributed by atoms with Crippen LogP contribution in [-0.4, -0.2) is 25.2 Å². The Morgan fingerprint density at radius 2 is 2.11 bits per heavy atom. The third-order valence-electron chi connectivity index (χ3n) is 3.94. The molecule has 1 rings (SSSR count). The summed E-state index contributed by atoms with van der Waals surface area (Å²) in [6.45, 7) is 10.0. The highest BCUT2D eigenvalue weighted by molar-refractivity contribution is 5.71. The van der Waals surface area contributed by atoms with E-state index in [0.717, 1.165) is 19.4 Å². The van der Waals surface area contributed by atoms with Gasteiger partial charge in [-0.3, -0.25) is 4.79 Å². The van der Waals surface area contributed by atoms with E-state index in [9.17, 15) is 4.79 Å². The second kappa shape index (κ2) is 7.78. The van der Waals surface area contributed by atoms with Crippen molar-refractivity contribution >= 4 is 5.97 Å². The fourth-order valence-electron chi connectivity index (χ4n) is 2.83. The molecule has 1 fully saturated rings. The molecule has 0 heterocycles. The maximum atomic E-state index is 11.8. The van der Waals surface area contributed by atoms with E-state index < -0.39 is 0 Å². The molecule has 0 aromatic heterocycles. The molecule has 0 aromatic carbocycles. The molecule has 18 heavy (non-hydrogen) atoms. The maximum Gasteiger partial charge on any atom is 0.320 e. The molecular weight excluding hydrogens is 226 g/mol. The maximum absolute atomic E-state index is 11.8. The molecule has 0 aliphatic heterocycles. The van der Waals surface area contributed by atoms with Crippen molar-refractivity contribution < 1.29 is 9.53 Å². The van der Waals surface area contributed by atoms with Gasteiger partial charge in [-0.05, 0) is 43.6 Å². The number of hydrogen-bond acceptors (Lipinski definition) is 3. The van der Waals surface area contributed by atoms with Crippen LogP contribution in [0.15, 0.2) is 0 Å². The van der Waals surface area contributed by atoms with Crippen molar-refractivity contribution in [2.24, 2.45) is 17.8 Å². The highest BCUT2D eigenvalue weighted by atomic mass is 16.5. The van der Waals surface area contributed by atoms with E-state index in [1.807, 2.05) is 0 Å². The quantitative estimate of drug-likeness (QED) is 0.586. The summed E-state index contributed by atoms with van der Waals surface area (Å²) < 4.78 is 5.68. The lowest BCUT2D eigenvalue weighted by atomic mass is 9.75. The molecule has 3 heteroatoms. The van der Waals surface area contributed by atoms with Gasteiger partial charge in [0.1, 0.15) is 6.10 Å². The van der Waals surface area contributed by atoms with Crippen LogP contribution in [0.4, 0.5) is 0 Å². The zero-order chi connectivity index (χ0) is 13.5. The smallest absolute Gasteiger partial charge is 0.320 e. The van der Waals surface area contributed by atoms with Gasteiger partial charge in [-0.2, -0.15) is 0 Å². The fourth-order valence-corrected chi connectivity index (χ4v) is 2.83. The van der Waals surface area contributed by atoms with Crippen LogP contribution >= 0.6 is 0 Å². The largest absolute Gasteiger partial charge is 0.461 e. The van der Waals surface area contributed by atoms with E-state index in [0.29, 0.717) is 24.3 Å². The zero-order valence-electron chi connectivity index (χ0n) is 12.4. The van der Waals surface area contributed by atoms with Crippen LogP contribution in [0.3, 0.4) is 0 Å². The number of carbonyl (C=O) groups is 1. The Bertz CT molecular complexity index is 253. The molecule has 1 saturated carbocycles. The first kappa shape index (κ1) is 15.5. The Balaban J connectivity index is 2.42. The average molecular weight is 255 g/mol. The average Bonchev–Trinajstić information content (AvgIpc) is 2.29. The minimum absolute atomic E-state index is 0.0896. The van der Waals surface area contributed by atoms with Crippen LogP contribution in [0.2, 0.25) is 0 Å². The van der Waals surface area contributed by atoms with Gasteiger partial charge in [0.2, 0.25) is 0 Å². The number of rotatable bonds is 6. The lowest BCUT2D eigenvalue weighted by Crippen LogP contribution is -2.38. The van der Waals surface area contributed by atoms with Gasteiger partial charge in [0.15, 0.2) is 0 Å². The van der Waals surface area contributed by atoms with Crippen molar-refractivity contribution in [2.45, 2.75) is 59.5 Å². The van der Waals surface area contributed by atoms with E-state index in [-0.39, 0.29) is 12.1 Å². The van der Waals surface area contributed by atoms with Gasteiger partial charge >= 0.3 is 5.97 Å². The first-order valence-electron chi connectivity index (χ1n) is 7.44. The van der Waals surface area contributed by atoms with Crippen molar-refractivity contribution in [3.63, 3.8) is 0 Å². The van der Waals surface area contributed by atoms with E-state index in [2.05, 4.69) is 33.0 Å². The molecule has 0 bridgehead atoms. The molecule has 0 radical (unpaired) electrons. The SMILES string of the molecule is CCCNCC(=O)OC1CC(C)CCC1C(C)C. The molecule has 0 saturated heterocycles. The van der Waals surface area contributed by atoms with Crippen molar-refractivity contribution in [1.29, 1.82) is 0 Å². The number of esters is 1. The highest BCUT2D eigenvalue weighted by Gasteiger charge is 2.33. The Morgan fingerprint density at radius 3 is 2.72 bits per heavy atom. The normalized spacial score (nSPS) is 28.4. The highest BCUT2D eigenvalue weighted by Crippen LogP contribution is 2.35. The molecule has 0 amide bonds. The number of carbonyl (C=O) groups excluding carboxylic acids is 1. The number of hydrogen-bond donors (Lipinski definition) is 1. The summed E-state index contributed by atoms with van der Waals surface area (Å²) in [5.74, 6) is 1.73. The summed E-state index contributed by atoms with van der Waals surface area (Å²) in [6.07, 6.45) is 4.67. The minimum atomic E-state index is -0.0896. The van der Waals surface area contributed by atoms with Gasteiger partial charge in [-0.15, -0.1) is 0 Å². The summed E-state index contributed by atoms with van der Waals surface area (Å²) in [5, 5.41) is 3.11. The second-order valence-corrected chi connectivity index (χ2v) is 6.03. The topological polar surface area (TPSA) is 38.3 Å². The van der Waals surface area contributed by atoms with Crippen molar-refractivity contribution in [3.05, 3.63) is 0 Å². The summed E-state index contributed by atoms with van der Waals surface area (Å²) >= 11 is 0.